The Balaban J connectivity index is 2.16. The molecule has 1 aromatic heterocycles. The monoisotopic (exact) mass is 265 g/mol. The lowest BCUT2D eigenvalue weighted by atomic mass is 9.86. The van der Waals surface area contributed by atoms with Crippen molar-refractivity contribution in [1.29, 1.82) is 0 Å². The van der Waals surface area contributed by atoms with E-state index in [0.29, 0.717) is 11.2 Å². The van der Waals surface area contributed by atoms with Crippen LogP contribution in [0.25, 0.3) is 0 Å². The third-order valence-electron chi connectivity index (χ3n) is 3.51. The SMILES string of the molecule is Cc1nc(CSC(C)C)nc2c1CC(CN)CC2. The second kappa shape index (κ2) is 6.02. The summed E-state index contributed by atoms with van der Waals surface area (Å²) in [7, 11) is 0. The van der Waals surface area contributed by atoms with Crippen LogP contribution >= 0.6 is 11.8 Å². The molecule has 0 aliphatic heterocycles. The van der Waals surface area contributed by atoms with Crippen molar-refractivity contribution in [2.75, 3.05) is 6.54 Å². The van der Waals surface area contributed by atoms with Crippen molar-refractivity contribution < 1.29 is 0 Å². The number of nitrogens with zero attached hydrogens (tertiary/aromatic N) is 2. The van der Waals surface area contributed by atoms with Gasteiger partial charge in [0.25, 0.3) is 0 Å². The van der Waals surface area contributed by atoms with Crippen molar-refractivity contribution in [3.63, 3.8) is 0 Å². The van der Waals surface area contributed by atoms with Crippen LogP contribution in [0.15, 0.2) is 0 Å². The number of nitrogens with two attached hydrogens (primary N) is 1. The van der Waals surface area contributed by atoms with Crippen LogP contribution in [-0.2, 0) is 18.6 Å². The highest BCUT2D eigenvalue weighted by Gasteiger charge is 2.21. The average Bonchev–Trinajstić information content (AvgIpc) is 2.36. The summed E-state index contributed by atoms with van der Waals surface area (Å²) >= 11 is 1.90. The summed E-state index contributed by atoms with van der Waals surface area (Å²) < 4.78 is 0. The van der Waals surface area contributed by atoms with E-state index in [4.69, 9.17) is 10.7 Å². The first-order valence-electron chi connectivity index (χ1n) is 6.77. The van der Waals surface area contributed by atoms with Crippen LogP contribution in [0.3, 0.4) is 0 Å². The van der Waals surface area contributed by atoms with E-state index >= 15 is 0 Å². The van der Waals surface area contributed by atoms with Gasteiger partial charge >= 0.3 is 0 Å². The van der Waals surface area contributed by atoms with Crippen molar-refractivity contribution in [3.8, 4) is 0 Å². The zero-order valence-electron chi connectivity index (χ0n) is 11.6. The van der Waals surface area contributed by atoms with Gasteiger partial charge in [-0.15, -0.1) is 0 Å². The molecule has 1 heterocycles. The average molecular weight is 265 g/mol. The van der Waals surface area contributed by atoms with Crippen molar-refractivity contribution in [3.05, 3.63) is 22.8 Å². The van der Waals surface area contributed by atoms with Gasteiger partial charge in [0, 0.05) is 11.4 Å². The number of hydrogen-bond donors (Lipinski definition) is 1. The Morgan fingerprint density at radius 3 is 2.83 bits per heavy atom. The maximum Gasteiger partial charge on any atom is 0.138 e. The lowest BCUT2D eigenvalue weighted by molar-refractivity contribution is 0.458. The molecule has 0 fully saturated rings. The van der Waals surface area contributed by atoms with Gasteiger partial charge < -0.3 is 5.73 Å². The summed E-state index contributed by atoms with van der Waals surface area (Å²) in [5.74, 6) is 2.54. The lowest BCUT2D eigenvalue weighted by Crippen LogP contribution is -2.24. The maximum absolute atomic E-state index is 5.78. The fraction of sp³-hybridized carbons (Fsp3) is 0.714. The standard InChI is InChI=1S/C14H23N3S/c1-9(2)18-8-14-16-10(3)12-6-11(7-15)4-5-13(12)17-14/h9,11H,4-8,15H2,1-3H3. The molecule has 0 saturated carbocycles. The first kappa shape index (κ1) is 13.8. The molecule has 1 atom stereocenters. The van der Waals surface area contributed by atoms with E-state index in [0.717, 1.165) is 36.7 Å². The predicted octanol–water partition coefficient (Wildman–Crippen LogP) is 2.49. The normalized spacial score (nSPS) is 19.1. The van der Waals surface area contributed by atoms with Crippen LogP contribution in [0.4, 0.5) is 0 Å². The fourth-order valence-electron chi connectivity index (χ4n) is 2.43. The number of aromatic nitrogens is 2. The molecule has 4 heteroatoms. The van der Waals surface area contributed by atoms with E-state index in [1.54, 1.807) is 0 Å². The first-order chi connectivity index (χ1) is 8.60. The minimum absolute atomic E-state index is 0.621. The Bertz CT molecular complexity index is 418. The van der Waals surface area contributed by atoms with Gasteiger partial charge in [-0.2, -0.15) is 11.8 Å². The van der Waals surface area contributed by atoms with Gasteiger partial charge in [-0.05, 0) is 49.5 Å². The Kier molecular flexibility index (Phi) is 4.62. The topological polar surface area (TPSA) is 51.8 Å². The quantitative estimate of drug-likeness (QED) is 0.908. The minimum atomic E-state index is 0.621. The highest BCUT2D eigenvalue weighted by Crippen LogP contribution is 2.26. The maximum atomic E-state index is 5.78. The minimum Gasteiger partial charge on any atom is -0.330 e. The Labute approximate surface area is 114 Å². The van der Waals surface area contributed by atoms with Gasteiger partial charge in [-0.3, -0.25) is 0 Å². The van der Waals surface area contributed by atoms with Crippen molar-refractivity contribution >= 4 is 11.8 Å². The highest BCUT2D eigenvalue weighted by atomic mass is 32.2. The Morgan fingerprint density at radius 2 is 2.17 bits per heavy atom. The van der Waals surface area contributed by atoms with Gasteiger partial charge in [-0.25, -0.2) is 9.97 Å². The van der Waals surface area contributed by atoms with E-state index in [1.165, 1.54) is 17.7 Å². The van der Waals surface area contributed by atoms with Crippen LogP contribution in [0.2, 0.25) is 0 Å². The Morgan fingerprint density at radius 1 is 1.39 bits per heavy atom. The van der Waals surface area contributed by atoms with Crippen molar-refractivity contribution in [1.82, 2.24) is 9.97 Å². The molecule has 2 N–H and O–H groups in total. The summed E-state index contributed by atoms with van der Waals surface area (Å²) in [6.45, 7) is 7.32. The Hall–Kier alpha value is -0.610. The molecular weight excluding hydrogens is 242 g/mol. The molecule has 2 rings (SSSR count). The van der Waals surface area contributed by atoms with E-state index in [9.17, 15) is 0 Å². The van der Waals surface area contributed by atoms with E-state index in [1.807, 2.05) is 11.8 Å². The summed E-state index contributed by atoms with van der Waals surface area (Å²) in [5.41, 5.74) is 9.57. The summed E-state index contributed by atoms with van der Waals surface area (Å²) in [5, 5.41) is 0.631. The lowest BCUT2D eigenvalue weighted by Gasteiger charge is -2.24. The van der Waals surface area contributed by atoms with Crippen molar-refractivity contribution in [2.45, 2.75) is 51.0 Å². The second-order valence-corrected chi connectivity index (χ2v) is 6.92. The molecule has 1 aromatic rings. The molecular formula is C14H23N3S. The molecule has 18 heavy (non-hydrogen) atoms. The molecule has 0 radical (unpaired) electrons. The largest absolute Gasteiger partial charge is 0.330 e. The molecule has 0 spiro atoms. The predicted molar refractivity (Wildman–Crippen MR) is 77.8 cm³/mol. The molecule has 0 aromatic carbocycles. The van der Waals surface area contributed by atoms with Crippen LogP contribution < -0.4 is 5.73 Å². The summed E-state index contributed by atoms with van der Waals surface area (Å²) in [4.78, 5) is 9.40. The number of rotatable bonds is 4. The molecule has 100 valence electrons. The van der Waals surface area contributed by atoms with E-state index in [2.05, 4.69) is 25.8 Å². The van der Waals surface area contributed by atoms with E-state index < -0.39 is 0 Å². The number of aryl methyl sites for hydroxylation is 2. The molecule has 1 aliphatic rings. The molecule has 0 saturated heterocycles. The third kappa shape index (κ3) is 3.23. The first-order valence-corrected chi connectivity index (χ1v) is 7.82. The summed E-state index contributed by atoms with van der Waals surface area (Å²) in [6.07, 6.45) is 3.31. The fourth-order valence-corrected chi connectivity index (χ4v) is 3.04. The third-order valence-corrected chi connectivity index (χ3v) is 4.60. The second-order valence-electron chi connectivity index (χ2n) is 5.35. The van der Waals surface area contributed by atoms with Gasteiger partial charge in [0.1, 0.15) is 5.82 Å². The molecule has 0 amide bonds. The van der Waals surface area contributed by atoms with Crippen LogP contribution in [-0.4, -0.2) is 21.8 Å². The smallest absolute Gasteiger partial charge is 0.138 e. The highest BCUT2D eigenvalue weighted by molar-refractivity contribution is 7.99. The zero-order chi connectivity index (χ0) is 13.1. The van der Waals surface area contributed by atoms with Gasteiger partial charge in [0.2, 0.25) is 0 Å². The molecule has 3 nitrogen and oxygen atoms in total. The van der Waals surface area contributed by atoms with Crippen LogP contribution in [0.1, 0.15) is 43.0 Å². The van der Waals surface area contributed by atoms with Gasteiger partial charge in [0.05, 0.1) is 5.75 Å². The van der Waals surface area contributed by atoms with Gasteiger partial charge in [0.15, 0.2) is 0 Å². The number of hydrogen-bond acceptors (Lipinski definition) is 4. The van der Waals surface area contributed by atoms with Crippen LogP contribution in [0.5, 0.6) is 0 Å². The summed E-state index contributed by atoms with van der Waals surface area (Å²) in [6, 6.07) is 0. The molecule has 1 unspecified atom stereocenters. The van der Waals surface area contributed by atoms with Gasteiger partial charge in [-0.1, -0.05) is 13.8 Å². The van der Waals surface area contributed by atoms with Crippen LogP contribution in [0, 0.1) is 12.8 Å². The number of thioether (sulfide) groups is 1. The zero-order valence-corrected chi connectivity index (χ0v) is 12.4. The van der Waals surface area contributed by atoms with Crippen molar-refractivity contribution in [2.24, 2.45) is 11.7 Å². The number of fused-ring (bicyclic) bond motifs is 1. The van der Waals surface area contributed by atoms with E-state index in [-0.39, 0.29) is 0 Å². The molecule has 1 aliphatic carbocycles. The molecule has 0 bridgehead atoms.